The number of likely N-dealkylation sites (N-methyl/N-ethyl adjacent to an activating group) is 1. The molecular formula is C14H18N2O5. The fourth-order valence-electron chi connectivity index (χ4n) is 1.98. The molecule has 0 aromatic heterocycles. The second-order valence-electron chi connectivity index (χ2n) is 4.78. The van der Waals surface area contributed by atoms with Crippen molar-refractivity contribution >= 4 is 11.9 Å². The molecule has 7 nitrogen and oxygen atoms in total. The normalized spacial score (nSPS) is 16.3. The van der Waals surface area contributed by atoms with Gasteiger partial charge in [-0.2, -0.15) is 0 Å². The van der Waals surface area contributed by atoms with Crippen molar-refractivity contribution in [1.29, 1.82) is 0 Å². The molecule has 1 fully saturated rings. The molecule has 7 heteroatoms. The van der Waals surface area contributed by atoms with Crippen LogP contribution in [0.2, 0.25) is 0 Å². The summed E-state index contributed by atoms with van der Waals surface area (Å²) in [5, 5.41) is 9.88. The zero-order valence-electron chi connectivity index (χ0n) is 12.0. The molecule has 3 amide bonds. The highest BCUT2D eigenvalue weighted by Gasteiger charge is 2.34. The molecule has 21 heavy (non-hydrogen) atoms. The van der Waals surface area contributed by atoms with Gasteiger partial charge in [0.05, 0.1) is 13.7 Å². The summed E-state index contributed by atoms with van der Waals surface area (Å²) >= 11 is 0. The summed E-state index contributed by atoms with van der Waals surface area (Å²) in [5.74, 6) is 0.969. The van der Waals surface area contributed by atoms with Crippen molar-refractivity contribution < 1.29 is 24.2 Å². The number of amides is 3. The molecule has 0 bridgehead atoms. The van der Waals surface area contributed by atoms with E-state index in [0.29, 0.717) is 11.5 Å². The van der Waals surface area contributed by atoms with Gasteiger partial charge in [-0.05, 0) is 24.3 Å². The summed E-state index contributed by atoms with van der Waals surface area (Å²) in [4.78, 5) is 25.6. The van der Waals surface area contributed by atoms with Gasteiger partial charge in [0.25, 0.3) is 0 Å². The number of methoxy groups -OCH3 is 1. The van der Waals surface area contributed by atoms with Crippen molar-refractivity contribution in [2.75, 3.05) is 33.9 Å². The molecule has 0 spiro atoms. The SMILES string of the molecule is COc1ccc(OCC(O)CN2C(=O)CN(C)C2=O)cc1. The number of aliphatic hydroxyl groups is 1. The van der Waals surface area contributed by atoms with Gasteiger partial charge in [-0.3, -0.25) is 9.69 Å². The Morgan fingerprint density at radius 3 is 2.38 bits per heavy atom. The molecular weight excluding hydrogens is 276 g/mol. The Balaban J connectivity index is 1.83. The van der Waals surface area contributed by atoms with Crippen molar-refractivity contribution in [3.05, 3.63) is 24.3 Å². The Morgan fingerprint density at radius 2 is 1.86 bits per heavy atom. The lowest BCUT2D eigenvalue weighted by Crippen LogP contribution is -2.40. The van der Waals surface area contributed by atoms with E-state index in [1.165, 1.54) is 4.90 Å². The van der Waals surface area contributed by atoms with Gasteiger partial charge in [-0.15, -0.1) is 0 Å². The number of ether oxygens (including phenoxy) is 2. The zero-order valence-corrected chi connectivity index (χ0v) is 12.0. The predicted octanol–water partition coefficient (Wildman–Crippen LogP) is 0.329. The van der Waals surface area contributed by atoms with Gasteiger partial charge >= 0.3 is 6.03 Å². The van der Waals surface area contributed by atoms with Crippen LogP contribution < -0.4 is 9.47 Å². The number of aliphatic hydroxyl groups excluding tert-OH is 1. The standard InChI is InChI=1S/C14H18N2O5/c1-15-8-13(18)16(14(15)19)7-10(17)9-21-12-5-3-11(20-2)4-6-12/h3-6,10,17H,7-9H2,1-2H3. The van der Waals surface area contributed by atoms with Crippen molar-refractivity contribution in [2.45, 2.75) is 6.10 Å². The van der Waals surface area contributed by atoms with E-state index in [1.807, 2.05) is 0 Å². The summed E-state index contributed by atoms with van der Waals surface area (Å²) in [6.07, 6.45) is -0.938. The minimum absolute atomic E-state index is 0.00684. The maximum absolute atomic E-state index is 11.7. The second-order valence-corrected chi connectivity index (χ2v) is 4.78. The Hall–Kier alpha value is -2.28. The predicted molar refractivity (Wildman–Crippen MR) is 74.2 cm³/mol. The van der Waals surface area contributed by atoms with Crippen LogP contribution >= 0.6 is 0 Å². The number of benzene rings is 1. The highest BCUT2D eigenvalue weighted by atomic mass is 16.5. The number of carbonyl (C=O) groups is 2. The fourth-order valence-corrected chi connectivity index (χ4v) is 1.98. The molecule has 1 N–H and O–H groups in total. The van der Waals surface area contributed by atoms with Crippen molar-refractivity contribution in [3.63, 3.8) is 0 Å². The quantitative estimate of drug-likeness (QED) is 0.765. The molecule has 114 valence electrons. The summed E-state index contributed by atoms with van der Waals surface area (Å²) in [5.41, 5.74) is 0. The van der Waals surface area contributed by atoms with Crippen LogP contribution in [-0.4, -0.2) is 66.8 Å². The summed E-state index contributed by atoms with van der Waals surface area (Å²) in [7, 11) is 3.11. The third kappa shape index (κ3) is 3.63. The largest absolute Gasteiger partial charge is 0.497 e. The van der Waals surface area contributed by atoms with Gasteiger partial charge in [0.1, 0.15) is 30.8 Å². The molecule has 0 aliphatic carbocycles. The summed E-state index contributed by atoms with van der Waals surface area (Å²) in [6, 6.07) is 6.51. The van der Waals surface area contributed by atoms with E-state index in [4.69, 9.17) is 9.47 Å². The number of carbonyl (C=O) groups excluding carboxylic acids is 2. The third-order valence-electron chi connectivity index (χ3n) is 3.13. The zero-order chi connectivity index (χ0) is 15.4. The number of nitrogens with zero attached hydrogens (tertiary/aromatic N) is 2. The van der Waals surface area contributed by atoms with Crippen LogP contribution in [0.3, 0.4) is 0 Å². The van der Waals surface area contributed by atoms with Gasteiger partial charge in [-0.25, -0.2) is 4.79 Å². The summed E-state index contributed by atoms with van der Waals surface area (Å²) in [6.45, 7) is -0.0316. The summed E-state index contributed by atoms with van der Waals surface area (Å²) < 4.78 is 10.4. The molecule has 1 aliphatic heterocycles. The Labute approximate surface area is 122 Å². The smallest absolute Gasteiger partial charge is 0.327 e. The Bertz CT molecular complexity index is 517. The molecule has 1 atom stereocenters. The molecule has 1 saturated heterocycles. The van der Waals surface area contributed by atoms with Gasteiger partial charge < -0.3 is 19.5 Å². The first-order chi connectivity index (χ1) is 10.0. The van der Waals surface area contributed by atoms with E-state index in [-0.39, 0.29) is 25.6 Å². The minimum Gasteiger partial charge on any atom is -0.497 e. The minimum atomic E-state index is -0.938. The average Bonchev–Trinajstić information content (AvgIpc) is 2.72. The molecule has 0 saturated carbocycles. The first-order valence-corrected chi connectivity index (χ1v) is 6.51. The Kier molecular flexibility index (Phi) is 4.64. The van der Waals surface area contributed by atoms with E-state index >= 15 is 0 Å². The number of rotatable bonds is 6. The molecule has 1 heterocycles. The highest BCUT2D eigenvalue weighted by molar-refractivity contribution is 6.01. The topological polar surface area (TPSA) is 79.3 Å². The van der Waals surface area contributed by atoms with Crippen LogP contribution in [0.5, 0.6) is 11.5 Å². The van der Waals surface area contributed by atoms with Crippen LogP contribution in [0.1, 0.15) is 0 Å². The van der Waals surface area contributed by atoms with Crippen molar-refractivity contribution in [1.82, 2.24) is 9.80 Å². The number of β-amino-alcohol motifs (C(OH)–C–C–N with tert-alkyl or cyclic N) is 1. The monoisotopic (exact) mass is 294 g/mol. The first-order valence-electron chi connectivity index (χ1n) is 6.51. The number of hydrogen-bond donors (Lipinski definition) is 1. The van der Waals surface area contributed by atoms with E-state index in [1.54, 1.807) is 38.4 Å². The molecule has 1 aromatic carbocycles. The van der Waals surface area contributed by atoms with Gasteiger partial charge in [0.15, 0.2) is 0 Å². The van der Waals surface area contributed by atoms with Crippen molar-refractivity contribution in [2.24, 2.45) is 0 Å². The molecule has 1 aromatic rings. The van der Waals surface area contributed by atoms with E-state index < -0.39 is 12.1 Å². The first kappa shape index (κ1) is 15.1. The van der Waals surface area contributed by atoms with E-state index in [9.17, 15) is 14.7 Å². The van der Waals surface area contributed by atoms with Crippen LogP contribution in [0.15, 0.2) is 24.3 Å². The lowest BCUT2D eigenvalue weighted by Gasteiger charge is -2.18. The van der Waals surface area contributed by atoms with Crippen LogP contribution in [0.25, 0.3) is 0 Å². The highest BCUT2D eigenvalue weighted by Crippen LogP contribution is 2.17. The average molecular weight is 294 g/mol. The molecule has 0 radical (unpaired) electrons. The Morgan fingerprint density at radius 1 is 1.24 bits per heavy atom. The van der Waals surface area contributed by atoms with Crippen molar-refractivity contribution in [3.8, 4) is 11.5 Å². The van der Waals surface area contributed by atoms with Gasteiger partial charge in [0, 0.05) is 7.05 Å². The van der Waals surface area contributed by atoms with Crippen LogP contribution in [-0.2, 0) is 4.79 Å². The number of imide groups is 1. The van der Waals surface area contributed by atoms with Gasteiger partial charge in [0.2, 0.25) is 5.91 Å². The molecule has 2 rings (SSSR count). The van der Waals surface area contributed by atoms with Crippen LogP contribution in [0.4, 0.5) is 4.79 Å². The van der Waals surface area contributed by atoms with Gasteiger partial charge in [-0.1, -0.05) is 0 Å². The van der Waals surface area contributed by atoms with Crippen LogP contribution in [0, 0.1) is 0 Å². The molecule has 1 unspecified atom stereocenters. The van der Waals surface area contributed by atoms with E-state index in [0.717, 1.165) is 4.90 Å². The maximum Gasteiger partial charge on any atom is 0.327 e. The number of urea groups is 1. The molecule has 1 aliphatic rings. The lowest BCUT2D eigenvalue weighted by atomic mass is 10.3. The second kappa shape index (κ2) is 6.45. The fraction of sp³-hybridized carbons (Fsp3) is 0.429. The number of hydrogen-bond acceptors (Lipinski definition) is 5. The third-order valence-corrected chi connectivity index (χ3v) is 3.13. The van der Waals surface area contributed by atoms with E-state index in [2.05, 4.69) is 0 Å². The lowest BCUT2D eigenvalue weighted by molar-refractivity contribution is -0.126. The maximum atomic E-state index is 11.7.